The molecule has 0 aliphatic rings. The highest BCUT2D eigenvalue weighted by Gasteiger charge is 2.13. The summed E-state index contributed by atoms with van der Waals surface area (Å²) in [5.74, 6) is 0.424. The highest BCUT2D eigenvalue weighted by Crippen LogP contribution is 2.20. The first-order valence-electron chi connectivity index (χ1n) is 8.38. The first-order valence-corrected chi connectivity index (χ1v) is 9.26. The molecule has 0 saturated carbocycles. The van der Waals surface area contributed by atoms with E-state index in [2.05, 4.69) is 30.5 Å². The van der Waals surface area contributed by atoms with E-state index in [1.54, 1.807) is 24.5 Å². The molecule has 136 valence electrons. The molecular formula is C18H17N7OS. The molecule has 0 saturated heterocycles. The lowest BCUT2D eigenvalue weighted by molar-refractivity contribution is 0.0949. The summed E-state index contributed by atoms with van der Waals surface area (Å²) in [6.07, 6.45) is 5.95. The third-order valence-corrected chi connectivity index (χ3v) is 4.89. The van der Waals surface area contributed by atoms with E-state index in [9.17, 15) is 4.79 Å². The average molecular weight is 379 g/mol. The van der Waals surface area contributed by atoms with E-state index in [1.807, 2.05) is 35.3 Å². The molecule has 0 spiro atoms. The van der Waals surface area contributed by atoms with Crippen LogP contribution in [0, 0.1) is 0 Å². The molecule has 2 N–H and O–H groups in total. The third kappa shape index (κ3) is 3.77. The number of aromatic amines is 1. The van der Waals surface area contributed by atoms with Gasteiger partial charge in [-0.3, -0.25) is 9.89 Å². The van der Waals surface area contributed by atoms with Crippen LogP contribution >= 0.6 is 11.3 Å². The Morgan fingerprint density at radius 3 is 2.93 bits per heavy atom. The van der Waals surface area contributed by atoms with Gasteiger partial charge in [-0.2, -0.15) is 5.10 Å². The van der Waals surface area contributed by atoms with Crippen LogP contribution in [0.3, 0.4) is 0 Å². The summed E-state index contributed by atoms with van der Waals surface area (Å²) in [6.45, 7) is 0.482. The molecule has 0 fully saturated rings. The number of carbonyl (C=O) groups excluding carboxylic acids is 1. The van der Waals surface area contributed by atoms with E-state index < -0.39 is 0 Å². The second-order valence-corrected chi connectivity index (χ2v) is 6.75. The van der Waals surface area contributed by atoms with Crippen LogP contribution < -0.4 is 5.32 Å². The third-order valence-electron chi connectivity index (χ3n) is 4.00. The van der Waals surface area contributed by atoms with Crippen molar-refractivity contribution in [3.63, 3.8) is 0 Å². The first kappa shape index (κ1) is 17.1. The minimum atomic E-state index is -0.190. The molecule has 0 radical (unpaired) electrons. The number of H-pyrrole nitrogens is 1. The van der Waals surface area contributed by atoms with Gasteiger partial charge in [0.1, 0.15) is 11.4 Å². The number of amides is 1. The zero-order valence-corrected chi connectivity index (χ0v) is 15.4. The molecular weight excluding hydrogens is 362 g/mol. The maximum Gasteiger partial charge on any atom is 0.269 e. The van der Waals surface area contributed by atoms with Crippen molar-refractivity contribution >= 4 is 17.2 Å². The first-order chi connectivity index (χ1) is 13.2. The maximum absolute atomic E-state index is 12.3. The largest absolute Gasteiger partial charge is 0.350 e. The normalized spacial score (nSPS) is 10.9. The van der Waals surface area contributed by atoms with Gasteiger partial charge in [0.2, 0.25) is 0 Å². The van der Waals surface area contributed by atoms with Crippen LogP contribution in [-0.2, 0) is 13.5 Å². The van der Waals surface area contributed by atoms with Gasteiger partial charge in [-0.05, 0) is 24.3 Å². The fourth-order valence-electron chi connectivity index (χ4n) is 2.63. The Bertz CT molecular complexity index is 1050. The van der Waals surface area contributed by atoms with Crippen LogP contribution in [-0.4, -0.2) is 42.2 Å². The topological polar surface area (TPSA) is 101 Å². The number of hydrogen-bond donors (Lipinski definition) is 2. The van der Waals surface area contributed by atoms with Gasteiger partial charge < -0.3 is 9.88 Å². The molecule has 0 aliphatic carbocycles. The molecule has 0 atom stereocenters. The number of nitrogens with one attached hydrogen (secondary N) is 2. The fraction of sp³-hybridized carbons (Fsp3) is 0.167. The maximum atomic E-state index is 12.3. The molecule has 0 aromatic carbocycles. The van der Waals surface area contributed by atoms with Gasteiger partial charge in [0.05, 0.1) is 11.4 Å². The lowest BCUT2D eigenvalue weighted by Gasteiger charge is -2.01. The number of hydrogen-bond acceptors (Lipinski definition) is 6. The second-order valence-electron chi connectivity index (χ2n) is 5.89. The van der Waals surface area contributed by atoms with E-state index in [1.165, 1.54) is 11.3 Å². The molecule has 4 heterocycles. The summed E-state index contributed by atoms with van der Waals surface area (Å²) in [7, 11) is 1.94. The van der Waals surface area contributed by atoms with E-state index in [0.29, 0.717) is 24.5 Å². The number of thiazole rings is 1. The van der Waals surface area contributed by atoms with Crippen molar-refractivity contribution in [1.82, 2.24) is 35.0 Å². The molecule has 9 heteroatoms. The minimum absolute atomic E-state index is 0.190. The molecule has 0 aliphatic heterocycles. The molecule has 8 nitrogen and oxygen atoms in total. The van der Waals surface area contributed by atoms with Crippen LogP contribution in [0.25, 0.3) is 22.2 Å². The smallest absolute Gasteiger partial charge is 0.269 e. The summed E-state index contributed by atoms with van der Waals surface area (Å²) < 4.78 is 1.95. The Kier molecular flexibility index (Phi) is 4.75. The molecule has 0 unspecified atom stereocenters. The van der Waals surface area contributed by atoms with Crippen molar-refractivity contribution in [2.24, 2.45) is 7.05 Å². The van der Waals surface area contributed by atoms with Gasteiger partial charge in [-0.25, -0.2) is 15.0 Å². The second kappa shape index (κ2) is 7.50. The van der Waals surface area contributed by atoms with E-state index in [-0.39, 0.29) is 5.91 Å². The van der Waals surface area contributed by atoms with Crippen molar-refractivity contribution in [1.29, 1.82) is 0 Å². The van der Waals surface area contributed by atoms with Gasteiger partial charge in [0, 0.05) is 44.0 Å². The Balaban J connectivity index is 1.33. The molecule has 4 rings (SSSR count). The van der Waals surface area contributed by atoms with E-state index >= 15 is 0 Å². The lowest BCUT2D eigenvalue weighted by atomic mass is 10.2. The van der Waals surface area contributed by atoms with Crippen LogP contribution in [0.1, 0.15) is 16.2 Å². The minimum Gasteiger partial charge on any atom is -0.350 e. The molecule has 27 heavy (non-hydrogen) atoms. The summed E-state index contributed by atoms with van der Waals surface area (Å²) in [4.78, 5) is 25.2. The van der Waals surface area contributed by atoms with Gasteiger partial charge in [-0.1, -0.05) is 0 Å². The Labute approximate surface area is 159 Å². The molecule has 4 aromatic heterocycles. The highest BCUT2D eigenvalue weighted by molar-refractivity contribution is 7.13. The number of rotatable bonds is 6. The van der Waals surface area contributed by atoms with Gasteiger partial charge in [0.15, 0.2) is 10.8 Å². The number of aryl methyl sites for hydroxylation is 1. The zero-order valence-electron chi connectivity index (χ0n) is 14.6. The van der Waals surface area contributed by atoms with Crippen molar-refractivity contribution in [3.8, 4) is 22.2 Å². The molecule has 0 bridgehead atoms. The average Bonchev–Trinajstić information content (AvgIpc) is 3.42. The van der Waals surface area contributed by atoms with Crippen LogP contribution in [0.5, 0.6) is 0 Å². The summed E-state index contributed by atoms with van der Waals surface area (Å²) in [6, 6.07) is 7.41. The highest BCUT2D eigenvalue weighted by atomic mass is 32.1. The Hall–Kier alpha value is -3.33. The molecule has 1 amide bonds. The lowest BCUT2D eigenvalue weighted by Crippen LogP contribution is -2.26. The van der Waals surface area contributed by atoms with Crippen LogP contribution in [0.15, 0.2) is 48.2 Å². The van der Waals surface area contributed by atoms with E-state index in [0.717, 1.165) is 22.1 Å². The van der Waals surface area contributed by atoms with Crippen molar-refractivity contribution in [2.45, 2.75) is 6.42 Å². The zero-order chi connectivity index (χ0) is 18.6. The summed E-state index contributed by atoms with van der Waals surface area (Å²) >= 11 is 1.49. The SMILES string of the molecule is Cn1cccc1-c1cc(C(=O)NCCc2csc(-c3ncccn3)n2)[nH]n1. The Morgan fingerprint density at radius 1 is 1.30 bits per heavy atom. The van der Waals surface area contributed by atoms with Crippen LogP contribution in [0.2, 0.25) is 0 Å². The van der Waals surface area contributed by atoms with Gasteiger partial charge in [-0.15, -0.1) is 11.3 Å². The summed E-state index contributed by atoms with van der Waals surface area (Å²) in [5, 5.41) is 12.6. The number of nitrogens with zero attached hydrogens (tertiary/aromatic N) is 5. The predicted molar refractivity (Wildman–Crippen MR) is 102 cm³/mol. The fourth-order valence-corrected chi connectivity index (χ4v) is 3.43. The van der Waals surface area contributed by atoms with Gasteiger partial charge >= 0.3 is 0 Å². The number of carbonyl (C=O) groups is 1. The van der Waals surface area contributed by atoms with Crippen molar-refractivity contribution < 1.29 is 4.79 Å². The molecule has 4 aromatic rings. The van der Waals surface area contributed by atoms with Gasteiger partial charge in [0.25, 0.3) is 5.91 Å². The quantitative estimate of drug-likeness (QED) is 0.535. The number of aromatic nitrogens is 6. The van der Waals surface area contributed by atoms with Crippen LogP contribution in [0.4, 0.5) is 0 Å². The van der Waals surface area contributed by atoms with Crippen molar-refractivity contribution in [3.05, 3.63) is 59.6 Å². The van der Waals surface area contributed by atoms with Crippen molar-refractivity contribution in [2.75, 3.05) is 6.54 Å². The monoisotopic (exact) mass is 379 g/mol. The summed E-state index contributed by atoms with van der Waals surface area (Å²) in [5.41, 5.74) is 3.02. The standard InChI is InChI=1S/C18H17N7OS/c1-25-9-2-4-15(25)13-10-14(24-23-13)17(26)21-8-5-12-11-27-18(22-12)16-19-6-3-7-20-16/h2-4,6-7,9-11H,5,8H2,1H3,(H,21,26)(H,23,24). The van der Waals surface area contributed by atoms with E-state index in [4.69, 9.17) is 0 Å². The Morgan fingerprint density at radius 2 is 2.15 bits per heavy atom. The predicted octanol–water partition coefficient (Wildman–Crippen LogP) is 2.30.